The van der Waals surface area contributed by atoms with Crippen LogP contribution in [0.15, 0.2) is 0 Å². The second-order valence-corrected chi connectivity index (χ2v) is 4.58. The lowest BCUT2D eigenvalue weighted by Gasteiger charge is -2.30. The van der Waals surface area contributed by atoms with Gasteiger partial charge in [-0.3, -0.25) is 14.5 Å². The first kappa shape index (κ1) is 17.9. The highest BCUT2D eigenvalue weighted by Crippen LogP contribution is 2.14. The van der Waals surface area contributed by atoms with Crippen molar-refractivity contribution in [2.24, 2.45) is 0 Å². The number of methoxy groups -OCH3 is 2. The van der Waals surface area contributed by atoms with Crippen molar-refractivity contribution in [2.75, 3.05) is 27.3 Å². The maximum atomic E-state index is 11.5. The number of rotatable bonds is 10. The lowest BCUT2D eigenvalue weighted by atomic mass is 10.1. The molecule has 1 atom stereocenters. The van der Waals surface area contributed by atoms with Crippen LogP contribution in [-0.4, -0.2) is 50.2 Å². The number of hydrogen-bond acceptors (Lipinski definition) is 5. The average molecular weight is 273 g/mol. The van der Waals surface area contributed by atoms with Crippen molar-refractivity contribution in [2.45, 2.75) is 52.0 Å². The molecule has 0 bridgehead atoms. The summed E-state index contributed by atoms with van der Waals surface area (Å²) < 4.78 is 9.40. The minimum absolute atomic E-state index is 0.0476. The third kappa shape index (κ3) is 7.82. The van der Waals surface area contributed by atoms with Gasteiger partial charge in [0.05, 0.1) is 20.6 Å². The molecule has 0 aliphatic heterocycles. The topological polar surface area (TPSA) is 55.8 Å². The van der Waals surface area contributed by atoms with Gasteiger partial charge < -0.3 is 9.47 Å². The maximum absolute atomic E-state index is 11.5. The quantitative estimate of drug-likeness (QED) is 0.570. The molecule has 1 unspecified atom stereocenters. The van der Waals surface area contributed by atoms with Crippen LogP contribution in [0.5, 0.6) is 0 Å². The molecular weight excluding hydrogens is 246 g/mol. The predicted octanol–water partition coefficient (Wildman–Crippen LogP) is 1.99. The van der Waals surface area contributed by atoms with Gasteiger partial charge in [0.1, 0.15) is 0 Å². The second kappa shape index (κ2) is 10.8. The molecule has 0 saturated carbocycles. The van der Waals surface area contributed by atoms with Crippen LogP contribution in [-0.2, 0) is 19.1 Å². The smallest absolute Gasteiger partial charge is 0.307 e. The summed E-state index contributed by atoms with van der Waals surface area (Å²) in [6, 6.07) is 0.0476. The van der Waals surface area contributed by atoms with E-state index in [4.69, 9.17) is 4.74 Å². The van der Waals surface area contributed by atoms with Gasteiger partial charge in [0, 0.05) is 12.5 Å². The minimum atomic E-state index is -0.234. The summed E-state index contributed by atoms with van der Waals surface area (Å²) in [7, 11) is 2.77. The Labute approximate surface area is 116 Å². The van der Waals surface area contributed by atoms with Gasteiger partial charge in [0.2, 0.25) is 0 Å². The first-order chi connectivity index (χ1) is 9.08. The van der Waals surface area contributed by atoms with Crippen molar-refractivity contribution in [1.29, 1.82) is 0 Å². The maximum Gasteiger partial charge on any atom is 0.307 e. The number of carbonyl (C=O) groups is 2. The first-order valence-corrected chi connectivity index (χ1v) is 6.96. The highest BCUT2D eigenvalue weighted by atomic mass is 16.5. The Bertz CT molecular complexity index is 262. The Morgan fingerprint density at radius 3 is 1.95 bits per heavy atom. The van der Waals surface area contributed by atoms with E-state index in [0.717, 1.165) is 25.9 Å². The molecule has 0 aromatic rings. The fraction of sp³-hybridized carbons (Fsp3) is 0.857. The standard InChI is InChI=1S/C14H27NO4/c1-5-9-15(10-6-2)12(11-14(17)19-4)7-8-13(16)18-3/h12H,5-11H2,1-4H3. The van der Waals surface area contributed by atoms with Crippen LogP contribution in [0.4, 0.5) is 0 Å². The molecule has 19 heavy (non-hydrogen) atoms. The van der Waals surface area contributed by atoms with Gasteiger partial charge in [-0.1, -0.05) is 13.8 Å². The van der Waals surface area contributed by atoms with Crippen molar-refractivity contribution >= 4 is 11.9 Å². The summed E-state index contributed by atoms with van der Waals surface area (Å²) >= 11 is 0. The average Bonchev–Trinajstić information content (AvgIpc) is 2.42. The van der Waals surface area contributed by atoms with Crippen LogP contribution in [0, 0.1) is 0 Å². The van der Waals surface area contributed by atoms with Crippen LogP contribution in [0.25, 0.3) is 0 Å². The summed E-state index contributed by atoms with van der Waals surface area (Å²) in [5.41, 5.74) is 0. The number of ether oxygens (including phenoxy) is 2. The number of esters is 2. The van der Waals surface area contributed by atoms with Crippen LogP contribution in [0.2, 0.25) is 0 Å². The van der Waals surface area contributed by atoms with Crippen molar-refractivity contribution in [3.63, 3.8) is 0 Å². The van der Waals surface area contributed by atoms with E-state index in [-0.39, 0.29) is 18.0 Å². The van der Waals surface area contributed by atoms with Crippen LogP contribution in [0.3, 0.4) is 0 Å². The summed E-state index contributed by atoms with van der Waals surface area (Å²) in [5.74, 6) is -0.463. The molecule has 0 aliphatic rings. The summed E-state index contributed by atoms with van der Waals surface area (Å²) in [6.45, 7) is 6.07. The second-order valence-electron chi connectivity index (χ2n) is 4.58. The first-order valence-electron chi connectivity index (χ1n) is 6.96. The predicted molar refractivity (Wildman–Crippen MR) is 73.8 cm³/mol. The Hall–Kier alpha value is -1.10. The fourth-order valence-electron chi connectivity index (χ4n) is 2.13. The van der Waals surface area contributed by atoms with Gasteiger partial charge >= 0.3 is 11.9 Å². The zero-order valence-corrected chi connectivity index (χ0v) is 12.6. The Morgan fingerprint density at radius 1 is 1.00 bits per heavy atom. The molecule has 0 spiro atoms. The monoisotopic (exact) mass is 273 g/mol. The van der Waals surface area contributed by atoms with E-state index >= 15 is 0 Å². The number of hydrogen-bond donors (Lipinski definition) is 0. The van der Waals surface area contributed by atoms with Gasteiger partial charge in [-0.05, 0) is 32.4 Å². The number of carbonyl (C=O) groups excluding carboxylic acids is 2. The largest absolute Gasteiger partial charge is 0.469 e. The highest BCUT2D eigenvalue weighted by Gasteiger charge is 2.22. The van der Waals surface area contributed by atoms with E-state index in [1.165, 1.54) is 14.2 Å². The third-order valence-corrected chi connectivity index (χ3v) is 3.08. The molecule has 0 N–H and O–H groups in total. The van der Waals surface area contributed by atoms with Crippen LogP contribution in [0.1, 0.15) is 46.0 Å². The molecule has 0 saturated heterocycles. The summed E-state index contributed by atoms with van der Waals surface area (Å²) in [4.78, 5) is 25.0. The van der Waals surface area contributed by atoms with E-state index in [0.29, 0.717) is 19.3 Å². The van der Waals surface area contributed by atoms with E-state index in [1.54, 1.807) is 0 Å². The Kier molecular flexibility index (Phi) is 10.2. The molecule has 0 aromatic heterocycles. The molecule has 0 aromatic carbocycles. The highest BCUT2D eigenvalue weighted by molar-refractivity contribution is 5.71. The Balaban J connectivity index is 4.59. The summed E-state index contributed by atoms with van der Waals surface area (Å²) in [6.07, 6.45) is 3.34. The van der Waals surface area contributed by atoms with Gasteiger partial charge in [0.15, 0.2) is 0 Å². The van der Waals surface area contributed by atoms with Crippen LogP contribution >= 0.6 is 0 Å². The zero-order valence-electron chi connectivity index (χ0n) is 12.6. The van der Waals surface area contributed by atoms with Crippen molar-refractivity contribution in [3.8, 4) is 0 Å². The molecular formula is C14H27NO4. The SMILES string of the molecule is CCCN(CCC)C(CCC(=O)OC)CC(=O)OC. The zero-order chi connectivity index (χ0) is 14.7. The molecule has 0 amide bonds. The lowest BCUT2D eigenvalue weighted by molar-refractivity contribution is -0.144. The fourth-order valence-corrected chi connectivity index (χ4v) is 2.13. The van der Waals surface area contributed by atoms with Gasteiger partial charge in [-0.15, -0.1) is 0 Å². The van der Waals surface area contributed by atoms with Gasteiger partial charge in [-0.25, -0.2) is 0 Å². The van der Waals surface area contributed by atoms with Gasteiger partial charge in [0.25, 0.3) is 0 Å². The van der Waals surface area contributed by atoms with E-state index in [9.17, 15) is 9.59 Å². The molecule has 112 valence electrons. The van der Waals surface area contributed by atoms with Crippen molar-refractivity contribution < 1.29 is 19.1 Å². The molecule has 0 rings (SSSR count). The molecule has 0 aliphatic carbocycles. The summed E-state index contributed by atoms with van der Waals surface area (Å²) in [5, 5.41) is 0. The van der Waals surface area contributed by atoms with Gasteiger partial charge in [-0.2, -0.15) is 0 Å². The third-order valence-electron chi connectivity index (χ3n) is 3.08. The minimum Gasteiger partial charge on any atom is -0.469 e. The molecule has 0 heterocycles. The number of nitrogens with zero attached hydrogens (tertiary/aromatic N) is 1. The van der Waals surface area contributed by atoms with E-state index < -0.39 is 0 Å². The van der Waals surface area contributed by atoms with Crippen LogP contribution < -0.4 is 0 Å². The Morgan fingerprint density at radius 2 is 1.53 bits per heavy atom. The normalized spacial score (nSPS) is 12.3. The van der Waals surface area contributed by atoms with E-state index in [1.807, 2.05) is 0 Å². The van der Waals surface area contributed by atoms with Crippen molar-refractivity contribution in [1.82, 2.24) is 4.90 Å². The lowest BCUT2D eigenvalue weighted by Crippen LogP contribution is -2.38. The molecule has 0 fully saturated rings. The molecule has 5 nitrogen and oxygen atoms in total. The van der Waals surface area contributed by atoms with Crippen molar-refractivity contribution in [3.05, 3.63) is 0 Å². The molecule has 0 radical (unpaired) electrons. The molecule has 5 heteroatoms. The van der Waals surface area contributed by atoms with E-state index in [2.05, 4.69) is 23.5 Å².